The van der Waals surface area contributed by atoms with E-state index in [0.29, 0.717) is 0 Å². The molecule has 0 saturated heterocycles. The first kappa shape index (κ1) is 11.7. The van der Waals surface area contributed by atoms with Gasteiger partial charge in [0.15, 0.2) is 0 Å². The number of rotatable bonds is 3. The van der Waals surface area contributed by atoms with Gasteiger partial charge in [0.25, 0.3) is 0 Å². The van der Waals surface area contributed by atoms with Gasteiger partial charge in [-0.1, -0.05) is 12.1 Å². The molecule has 0 unspecified atom stereocenters. The smallest absolute Gasteiger partial charge is 0.0542 e. The summed E-state index contributed by atoms with van der Waals surface area (Å²) in [6, 6.07) is 8.25. The second kappa shape index (κ2) is 4.72. The van der Waals surface area contributed by atoms with Gasteiger partial charge in [-0.25, -0.2) is 0 Å². The summed E-state index contributed by atoms with van der Waals surface area (Å²) in [4.78, 5) is 4.19. The Bertz CT molecular complexity index is 710. The predicted octanol–water partition coefficient (Wildman–Crippen LogP) is 2.89. The normalized spacial score (nSPS) is 10.8. The average molecular weight is 252 g/mol. The van der Waals surface area contributed by atoms with Crippen molar-refractivity contribution in [1.82, 2.24) is 14.8 Å². The molecule has 1 aromatic carbocycles. The maximum Gasteiger partial charge on any atom is 0.0542 e. The van der Waals surface area contributed by atoms with Crippen LogP contribution in [0.2, 0.25) is 0 Å². The van der Waals surface area contributed by atoms with Gasteiger partial charge < -0.3 is 5.32 Å². The average Bonchev–Trinajstić information content (AvgIpc) is 2.76. The molecule has 1 N–H and O–H groups in total. The third kappa shape index (κ3) is 2.17. The number of nitrogens with zero attached hydrogens (tertiary/aromatic N) is 3. The molecule has 0 amide bonds. The number of benzene rings is 1. The van der Waals surface area contributed by atoms with E-state index in [1.165, 1.54) is 16.6 Å². The lowest BCUT2D eigenvalue weighted by Crippen LogP contribution is -2.02. The number of aromatic nitrogens is 3. The Morgan fingerprint density at radius 1 is 1.21 bits per heavy atom. The largest absolute Gasteiger partial charge is 0.380 e. The van der Waals surface area contributed by atoms with Gasteiger partial charge in [-0.2, -0.15) is 5.10 Å². The van der Waals surface area contributed by atoms with Gasteiger partial charge in [0.1, 0.15) is 0 Å². The fourth-order valence-electron chi connectivity index (χ4n) is 2.18. The maximum atomic E-state index is 4.26. The molecule has 96 valence electrons. The SMILES string of the molecule is Cc1c(CNc2cccc3ccncc23)cnn1C. The summed E-state index contributed by atoms with van der Waals surface area (Å²) in [7, 11) is 1.96. The number of aryl methyl sites for hydroxylation is 1. The van der Waals surface area contributed by atoms with Crippen LogP contribution in [-0.2, 0) is 13.6 Å². The van der Waals surface area contributed by atoms with Gasteiger partial charge in [0.05, 0.1) is 6.20 Å². The van der Waals surface area contributed by atoms with Crippen LogP contribution in [0.15, 0.2) is 42.9 Å². The van der Waals surface area contributed by atoms with Crippen LogP contribution in [0, 0.1) is 6.92 Å². The molecule has 0 aliphatic rings. The number of hydrogen-bond donors (Lipinski definition) is 1. The maximum absolute atomic E-state index is 4.26. The fourth-order valence-corrected chi connectivity index (χ4v) is 2.18. The van der Waals surface area contributed by atoms with Crippen LogP contribution in [0.1, 0.15) is 11.3 Å². The van der Waals surface area contributed by atoms with Crippen molar-refractivity contribution in [2.24, 2.45) is 7.05 Å². The molecule has 3 aromatic rings. The van der Waals surface area contributed by atoms with Gasteiger partial charge in [0, 0.05) is 48.3 Å². The fraction of sp³-hybridized carbons (Fsp3) is 0.200. The van der Waals surface area contributed by atoms with Crippen LogP contribution < -0.4 is 5.32 Å². The van der Waals surface area contributed by atoms with E-state index in [9.17, 15) is 0 Å². The zero-order valence-corrected chi connectivity index (χ0v) is 11.1. The first-order chi connectivity index (χ1) is 9.25. The molecule has 0 saturated carbocycles. The topological polar surface area (TPSA) is 42.7 Å². The van der Waals surface area contributed by atoms with Gasteiger partial charge in [-0.3, -0.25) is 9.67 Å². The van der Waals surface area contributed by atoms with Crippen molar-refractivity contribution in [2.45, 2.75) is 13.5 Å². The second-order valence-corrected chi connectivity index (χ2v) is 4.63. The van der Waals surface area contributed by atoms with Gasteiger partial charge in [-0.05, 0) is 24.4 Å². The van der Waals surface area contributed by atoms with Crippen LogP contribution >= 0.6 is 0 Å². The monoisotopic (exact) mass is 252 g/mol. The van der Waals surface area contributed by atoms with Crippen molar-refractivity contribution in [1.29, 1.82) is 0 Å². The Hall–Kier alpha value is -2.36. The molecule has 0 aliphatic heterocycles. The standard InChI is InChI=1S/C15H16N4/c1-11-13(9-18-19(11)2)8-17-15-5-3-4-12-6-7-16-10-14(12)15/h3-7,9-10,17H,8H2,1-2H3. The molecule has 4 nitrogen and oxygen atoms in total. The lowest BCUT2D eigenvalue weighted by Gasteiger charge is -2.09. The van der Waals surface area contributed by atoms with Crippen molar-refractivity contribution in [3.8, 4) is 0 Å². The Kier molecular flexibility index (Phi) is 2.91. The minimum Gasteiger partial charge on any atom is -0.380 e. The summed E-state index contributed by atoms with van der Waals surface area (Å²) in [6.07, 6.45) is 5.62. The Morgan fingerprint density at radius 2 is 2.11 bits per heavy atom. The highest BCUT2D eigenvalue weighted by atomic mass is 15.3. The second-order valence-electron chi connectivity index (χ2n) is 4.63. The van der Waals surface area contributed by atoms with Gasteiger partial charge in [-0.15, -0.1) is 0 Å². The van der Waals surface area contributed by atoms with Gasteiger partial charge >= 0.3 is 0 Å². The lowest BCUT2D eigenvalue weighted by atomic mass is 10.1. The highest BCUT2D eigenvalue weighted by Crippen LogP contribution is 2.22. The predicted molar refractivity (Wildman–Crippen MR) is 77.0 cm³/mol. The first-order valence-corrected chi connectivity index (χ1v) is 6.30. The number of nitrogens with one attached hydrogen (secondary N) is 1. The van der Waals surface area contributed by atoms with E-state index in [0.717, 1.165) is 17.6 Å². The summed E-state index contributed by atoms with van der Waals surface area (Å²) in [5, 5.41) is 10.1. The first-order valence-electron chi connectivity index (χ1n) is 6.30. The van der Waals surface area contributed by atoms with Gasteiger partial charge in [0.2, 0.25) is 0 Å². The number of pyridine rings is 1. The Morgan fingerprint density at radius 3 is 2.89 bits per heavy atom. The lowest BCUT2D eigenvalue weighted by molar-refractivity contribution is 0.738. The van der Waals surface area contributed by atoms with E-state index in [2.05, 4.69) is 40.5 Å². The summed E-state index contributed by atoms with van der Waals surface area (Å²) < 4.78 is 1.89. The zero-order chi connectivity index (χ0) is 13.2. The van der Waals surface area contributed by atoms with Crippen molar-refractivity contribution in [3.63, 3.8) is 0 Å². The molecule has 0 aliphatic carbocycles. The molecule has 19 heavy (non-hydrogen) atoms. The number of fused-ring (bicyclic) bond motifs is 1. The third-order valence-corrected chi connectivity index (χ3v) is 3.49. The van der Waals surface area contributed by atoms with E-state index in [1.54, 1.807) is 0 Å². The van der Waals surface area contributed by atoms with Crippen LogP contribution in [0.4, 0.5) is 5.69 Å². The molecule has 0 fully saturated rings. The molecule has 2 aromatic heterocycles. The van der Waals surface area contributed by atoms with E-state index >= 15 is 0 Å². The summed E-state index contributed by atoms with van der Waals surface area (Å²) in [5.74, 6) is 0. The summed E-state index contributed by atoms with van der Waals surface area (Å²) in [5.41, 5.74) is 3.50. The minimum absolute atomic E-state index is 0.772. The zero-order valence-electron chi connectivity index (χ0n) is 11.1. The van der Waals surface area contributed by atoms with Crippen molar-refractivity contribution < 1.29 is 0 Å². The van der Waals surface area contributed by atoms with Crippen LogP contribution in [-0.4, -0.2) is 14.8 Å². The molecule has 0 bridgehead atoms. The Balaban J connectivity index is 1.88. The minimum atomic E-state index is 0.772. The van der Waals surface area contributed by atoms with Crippen LogP contribution in [0.25, 0.3) is 10.8 Å². The molecule has 0 atom stereocenters. The molecular formula is C15H16N4. The molecule has 0 spiro atoms. The van der Waals surface area contributed by atoms with Crippen LogP contribution in [0.5, 0.6) is 0 Å². The van der Waals surface area contributed by atoms with E-state index < -0.39 is 0 Å². The van der Waals surface area contributed by atoms with Crippen molar-refractivity contribution in [3.05, 3.63) is 54.1 Å². The molecule has 2 heterocycles. The summed E-state index contributed by atoms with van der Waals surface area (Å²) in [6.45, 7) is 2.85. The number of anilines is 1. The Labute approximate surface area is 112 Å². The third-order valence-electron chi connectivity index (χ3n) is 3.49. The molecular weight excluding hydrogens is 236 g/mol. The number of hydrogen-bond acceptors (Lipinski definition) is 3. The van der Waals surface area contributed by atoms with E-state index in [1.807, 2.05) is 36.4 Å². The van der Waals surface area contributed by atoms with E-state index in [-0.39, 0.29) is 0 Å². The highest BCUT2D eigenvalue weighted by Gasteiger charge is 2.05. The molecule has 0 radical (unpaired) electrons. The van der Waals surface area contributed by atoms with Crippen LogP contribution in [0.3, 0.4) is 0 Å². The summed E-state index contributed by atoms with van der Waals surface area (Å²) >= 11 is 0. The molecule has 3 rings (SSSR count). The van der Waals surface area contributed by atoms with E-state index in [4.69, 9.17) is 0 Å². The van der Waals surface area contributed by atoms with Crippen molar-refractivity contribution in [2.75, 3.05) is 5.32 Å². The molecule has 4 heteroatoms. The van der Waals surface area contributed by atoms with Crippen molar-refractivity contribution >= 4 is 16.5 Å². The quantitative estimate of drug-likeness (QED) is 0.779. The highest BCUT2D eigenvalue weighted by molar-refractivity contribution is 5.93.